The van der Waals surface area contributed by atoms with Crippen LogP contribution in [0.4, 0.5) is 0 Å². The Balaban J connectivity index is 1.65. The van der Waals surface area contributed by atoms with Gasteiger partial charge in [-0.3, -0.25) is 0 Å². The lowest BCUT2D eigenvalue weighted by atomic mass is 10.1. The molecule has 4 nitrogen and oxygen atoms in total. The van der Waals surface area contributed by atoms with E-state index in [-0.39, 0.29) is 12.6 Å². The topological polar surface area (TPSA) is 49.6 Å². The number of aliphatic hydroxyl groups is 1. The summed E-state index contributed by atoms with van der Waals surface area (Å²) in [5, 5.41) is 17.3. The molecule has 0 saturated heterocycles. The Hall–Kier alpha value is -2.17. The molecule has 0 aliphatic heterocycles. The minimum absolute atomic E-state index is 0.0473. The minimum Gasteiger partial charge on any atom is -0.395 e. The van der Waals surface area contributed by atoms with Gasteiger partial charge in [-0.15, -0.1) is 0 Å². The molecule has 2 heterocycles. The first-order valence-electron chi connectivity index (χ1n) is 7.16. The molecule has 0 unspecified atom stereocenters. The van der Waals surface area contributed by atoms with Crippen LogP contribution in [0.2, 0.25) is 0 Å². The number of aliphatic hydroxyl groups excluding tert-OH is 1. The molecule has 0 bridgehead atoms. The summed E-state index contributed by atoms with van der Waals surface area (Å²) in [5.41, 5.74) is 3.47. The highest BCUT2D eigenvalue weighted by atomic mass is 16.3. The van der Waals surface area contributed by atoms with Crippen LogP contribution < -0.4 is 5.32 Å². The minimum atomic E-state index is 0.0473. The maximum atomic E-state index is 9.55. The second kappa shape index (κ2) is 6.52. The van der Waals surface area contributed by atoms with Gasteiger partial charge in [-0.1, -0.05) is 36.4 Å². The fraction of sp³-hybridized carbons (Fsp3) is 0.235. The van der Waals surface area contributed by atoms with E-state index >= 15 is 0 Å². The lowest BCUT2D eigenvalue weighted by molar-refractivity contribution is 0.241. The molecular weight excluding hydrogens is 262 g/mol. The highest BCUT2D eigenvalue weighted by Gasteiger charge is 2.10. The summed E-state index contributed by atoms with van der Waals surface area (Å²) in [7, 11) is 0. The molecule has 0 amide bonds. The first-order chi connectivity index (χ1) is 10.4. The van der Waals surface area contributed by atoms with Gasteiger partial charge < -0.3 is 10.4 Å². The normalized spacial score (nSPS) is 12.6. The van der Waals surface area contributed by atoms with Gasteiger partial charge in [-0.05, 0) is 24.1 Å². The zero-order valence-electron chi connectivity index (χ0n) is 11.8. The second-order valence-electron chi connectivity index (χ2n) is 5.15. The molecule has 2 aromatic heterocycles. The Labute approximate surface area is 124 Å². The van der Waals surface area contributed by atoms with Crippen LogP contribution >= 0.6 is 0 Å². The Kier molecular flexibility index (Phi) is 4.28. The van der Waals surface area contributed by atoms with Gasteiger partial charge in [0.2, 0.25) is 0 Å². The van der Waals surface area contributed by atoms with Crippen molar-refractivity contribution >= 4 is 5.52 Å². The lowest BCUT2D eigenvalue weighted by Gasteiger charge is -2.16. The average molecular weight is 281 g/mol. The molecule has 2 N–H and O–H groups in total. The quantitative estimate of drug-likeness (QED) is 0.727. The van der Waals surface area contributed by atoms with Crippen LogP contribution in [0.15, 0.2) is 60.9 Å². The molecule has 0 radical (unpaired) electrons. The molecule has 0 aliphatic rings. The molecule has 1 atom stereocenters. The molecule has 0 spiro atoms. The molecule has 3 rings (SSSR count). The van der Waals surface area contributed by atoms with E-state index < -0.39 is 0 Å². The number of hydrogen-bond acceptors (Lipinski definition) is 3. The molecule has 0 saturated carbocycles. The van der Waals surface area contributed by atoms with Gasteiger partial charge in [0, 0.05) is 24.3 Å². The SMILES string of the molecule is OC[C@H](Cc1ccccc1)NCc1cnn2ccccc12. The van der Waals surface area contributed by atoms with Crippen LogP contribution in [-0.4, -0.2) is 27.4 Å². The summed E-state index contributed by atoms with van der Waals surface area (Å²) < 4.78 is 1.86. The third-order valence-corrected chi connectivity index (χ3v) is 3.63. The van der Waals surface area contributed by atoms with E-state index in [0.717, 1.165) is 17.5 Å². The van der Waals surface area contributed by atoms with Crippen LogP contribution in [0, 0.1) is 0 Å². The van der Waals surface area contributed by atoms with Crippen LogP contribution in [-0.2, 0) is 13.0 Å². The van der Waals surface area contributed by atoms with Gasteiger partial charge in [0.15, 0.2) is 0 Å². The van der Waals surface area contributed by atoms with Gasteiger partial charge >= 0.3 is 0 Å². The van der Waals surface area contributed by atoms with Crippen LogP contribution in [0.3, 0.4) is 0 Å². The van der Waals surface area contributed by atoms with E-state index in [4.69, 9.17) is 0 Å². The van der Waals surface area contributed by atoms with Crippen molar-refractivity contribution in [3.05, 3.63) is 72.1 Å². The molecule has 21 heavy (non-hydrogen) atoms. The van der Waals surface area contributed by atoms with Crippen LogP contribution in [0.5, 0.6) is 0 Å². The van der Waals surface area contributed by atoms with E-state index in [1.54, 1.807) is 0 Å². The molecule has 4 heteroatoms. The van der Waals surface area contributed by atoms with Crippen molar-refractivity contribution in [1.82, 2.24) is 14.9 Å². The standard InChI is InChI=1S/C17H19N3O/c21-13-16(10-14-6-2-1-3-7-14)18-11-15-12-19-20-9-5-4-8-17(15)20/h1-9,12,16,18,21H,10-11,13H2/t16-/m0/s1. The summed E-state index contributed by atoms with van der Waals surface area (Å²) >= 11 is 0. The van der Waals surface area contributed by atoms with Crippen molar-refractivity contribution in [2.24, 2.45) is 0 Å². The first kappa shape index (κ1) is 13.8. The maximum Gasteiger partial charge on any atom is 0.0706 e. The van der Waals surface area contributed by atoms with Gasteiger partial charge in [-0.2, -0.15) is 5.10 Å². The van der Waals surface area contributed by atoms with Crippen LogP contribution in [0.1, 0.15) is 11.1 Å². The summed E-state index contributed by atoms with van der Waals surface area (Å²) in [4.78, 5) is 0. The van der Waals surface area contributed by atoms with Crippen molar-refractivity contribution in [3.8, 4) is 0 Å². The third kappa shape index (κ3) is 3.29. The zero-order chi connectivity index (χ0) is 14.5. The van der Waals surface area contributed by atoms with Crippen LogP contribution in [0.25, 0.3) is 5.52 Å². The van der Waals surface area contributed by atoms with Crippen molar-refractivity contribution < 1.29 is 5.11 Å². The van der Waals surface area contributed by atoms with E-state index in [1.807, 2.05) is 47.2 Å². The fourth-order valence-corrected chi connectivity index (χ4v) is 2.48. The molecular formula is C17H19N3O. The van der Waals surface area contributed by atoms with Gasteiger partial charge in [0.25, 0.3) is 0 Å². The van der Waals surface area contributed by atoms with Gasteiger partial charge in [-0.25, -0.2) is 4.52 Å². The Morgan fingerprint density at radius 2 is 1.90 bits per heavy atom. The van der Waals surface area contributed by atoms with E-state index in [0.29, 0.717) is 6.54 Å². The summed E-state index contributed by atoms with van der Waals surface area (Å²) in [5.74, 6) is 0. The lowest BCUT2D eigenvalue weighted by Crippen LogP contribution is -2.33. The number of pyridine rings is 1. The average Bonchev–Trinajstić information content (AvgIpc) is 2.96. The number of aromatic nitrogens is 2. The predicted molar refractivity (Wildman–Crippen MR) is 83.1 cm³/mol. The highest BCUT2D eigenvalue weighted by molar-refractivity contribution is 5.53. The predicted octanol–water partition coefficient (Wildman–Crippen LogP) is 2.03. The second-order valence-corrected chi connectivity index (χ2v) is 5.15. The number of hydrogen-bond donors (Lipinski definition) is 2. The number of nitrogens with one attached hydrogen (secondary N) is 1. The number of rotatable bonds is 6. The first-order valence-corrected chi connectivity index (χ1v) is 7.16. The van der Waals surface area contributed by atoms with E-state index in [2.05, 4.69) is 28.6 Å². The number of benzene rings is 1. The maximum absolute atomic E-state index is 9.55. The van der Waals surface area contributed by atoms with Crippen molar-refractivity contribution in [3.63, 3.8) is 0 Å². The smallest absolute Gasteiger partial charge is 0.0706 e. The summed E-state index contributed by atoms with van der Waals surface area (Å²) in [6.07, 6.45) is 4.63. The van der Waals surface area contributed by atoms with E-state index in [9.17, 15) is 5.11 Å². The third-order valence-electron chi connectivity index (χ3n) is 3.63. The zero-order valence-corrected chi connectivity index (χ0v) is 11.8. The molecule has 1 aromatic carbocycles. The Morgan fingerprint density at radius 1 is 1.10 bits per heavy atom. The van der Waals surface area contributed by atoms with Gasteiger partial charge in [0.05, 0.1) is 18.3 Å². The van der Waals surface area contributed by atoms with E-state index in [1.165, 1.54) is 5.56 Å². The molecule has 0 fully saturated rings. The summed E-state index contributed by atoms with van der Waals surface area (Å²) in [6, 6.07) is 16.3. The molecule has 3 aromatic rings. The number of nitrogens with zero attached hydrogens (tertiary/aromatic N) is 2. The monoisotopic (exact) mass is 281 g/mol. The highest BCUT2D eigenvalue weighted by Crippen LogP contribution is 2.10. The van der Waals surface area contributed by atoms with Gasteiger partial charge in [0.1, 0.15) is 0 Å². The molecule has 0 aliphatic carbocycles. The Bertz CT molecular complexity index is 693. The fourth-order valence-electron chi connectivity index (χ4n) is 2.48. The summed E-state index contributed by atoms with van der Waals surface area (Å²) in [6.45, 7) is 0.819. The largest absolute Gasteiger partial charge is 0.395 e. The van der Waals surface area contributed by atoms with Crippen molar-refractivity contribution in [2.45, 2.75) is 19.0 Å². The Morgan fingerprint density at radius 3 is 2.71 bits per heavy atom. The van der Waals surface area contributed by atoms with Crippen molar-refractivity contribution in [2.75, 3.05) is 6.61 Å². The number of fused-ring (bicyclic) bond motifs is 1. The molecule has 108 valence electrons. The van der Waals surface area contributed by atoms with Crippen molar-refractivity contribution in [1.29, 1.82) is 0 Å².